The average molecular weight is 326 g/mol. The van der Waals surface area contributed by atoms with Crippen molar-refractivity contribution in [2.24, 2.45) is 0 Å². The van der Waals surface area contributed by atoms with Crippen LogP contribution in [-0.2, 0) is 6.54 Å². The van der Waals surface area contributed by atoms with Crippen LogP contribution in [0, 0.1) is 18.6 Å². The Balaban J connectivity index is 1.79. The number of hydrogen-bond donors (Lipinski definition) is 2. The van der Waals surface area contributed by atoms with Crippen LogP contribution < -0.4 is 10.6 Å². The summed E-state index contributed by atoms with van der Waals surface area (Å²) in [7, 11) is 0. The lowest BCUT2D eigenvalue weighted by molar-refractivity contribution is 0.590. The number of nitrogens with zero attached hydrogens (tertiary/aromatic N) is 2. The molecule has 1 heterocycles. The summed E-state index contributed by atoms with van der Waals surface area (Å²) in [6.07, 6.45) is 0. The summed E-state index contributed by atoms with van der Waals surface area (Å²) < 4.78 is 27.5. The molecule has 0 atom stereocenters. The van der Waals surface area contributed by atoms with Crippen molar-refractivity contribution in [3.63, 3.8) is 0 Å². The van der Waals surface area contributed by atoms with E-state index in [-0.39, 0.29) is 5.69 Å². The molecule has 0 unspecified atom stereocenters. The Bertz CT molecular complexity index is 817. The van der Waals surface area contributed by atoms with Gasteiger partial charge in [0.05, 0.1) is 0 Å². The summed E-state index contributed by atoms with van der Waals surface area (Å²) >= 11 is 0. The summed E-state index contributed by atoms with van der Waals surface area (Å²) in [4.78, 5) is 8.55. The van der Waals surface area contributed by atoms with Gasteiger partial charge in [0.2, 0.25) is 5.95 Å². The molecule has 6 heteroatoms. The first kappa shape index (κ1) is 15.9. The molecule has 4 nitrogen and oxygen atoms in total. The Hall–Kier alpha value is -3.02. The van der Waals surface area contributed by atoms with Crippen molar-refractivity contribution in [1.82, 2.24) is 9.97 Å². The highest BCUT2D eigenvalue weighted by atomic mass is 19.1. The number of rotatable bonds is 5. The van der Waals surface area contributed by atoms with Gasteiger partial charge in [0, 0.05) is 18.3 Å². The van der Waals surface area contributed by atoms with Gasteiger partial charge in [-0.05, 0) is 24.6 Å². The summed E-state index contributed by atoms with van der Waals surface area (Å²) in [5.74, 6) is -0.643. The number of aryl methyl sites for hydroxylation is 1. The van der Waals surface area contributed by atoms with Gasteiger partial charge in [-0.25, -0.2) is 13.8 Å². The van der Waals surface area contributed by atoms with E-state index in [1.165, 1.54) is 18.2 Å². The molecule has 2 aromatic carbocycles. The Morgan fingerprint density at radius 3 is 2.33 bits per heavy atom. The van der Waals surface area contributed by atoms with Crippen molar-refractivity contribution in [2.75, 3.05) is 10.6 Å². The molecule has 0 saturated carbocycles. The van der Waals surface area contributed by atoms with Gasteiger partial charge in [-0.15, -0.1) is 0 Å². The van der Waals surface area contributed by atoms with Crippen LogP contribution in [0.3, 0.4) is 0 Å². The van der Waals surface area contributed by atoms with E-state index in [0.717, 1.165) is 5.56 Å². The summed E-state index contributed by atoms with van der Waals surface area (Å²) in [6.45, 7) is 2.34. The standard InChI is InChI=1S/C18H16F2N4/c1-12-10-16(23-17-14(19)8-5-9-15(17)20)24-18(22-12)21-11-13-6-3-2-4-7-13/h2-10H,11H2,1H3,(H2,21,22,23,24). The molecule has 0 aliphatic rings. The highest BCUT2D eigenvalue weighted by Crippen LogP contribution is 2.23. The zero-order valence-corrected chi connectivity index (χ0v) is 13.1. The van der Waals surface area contributed by atoms with Gasteiger partial charge in [0.25, 0.3) is 0 Å². The lowest BCUT2D eigenvalue weighted by Gasteiger charge is -2.11. The Kier molecular flexibility index (Phi) is 4.65. The van der Waals surface area contributed by atoms with Crippen molar-refractivity contribution >= 4 is 17.5 Å². The molecular weight excluding hydrogens is 310 g/mol. The smallest absolute Gasteiger partial charge is 0.225 e. The van der Waals surface area contributed by atoms with Gasteiger partial charge in [0.1, 0.15) is 23.1 Å². The number of halogens is 2. The van der Waals surface area contributed by atoms with Crippen molar-refractivity contribution in [1.29, 1.82) is 0 Å². The predicted molar refractivity (Wildman–Crippen MR) is 90.2 cm³/mol. The summed E-state index contributed by atoms with van der Waals surface area (Å²) in [5.41, 5.74) is 1.53. The van der Waals surface area contributed by atoms with E-state index in [9.17, 15) is 8.78 Å². The van der Waals surface area contributed by atoms with E-state index < -0.39 is 11.6 Å². The van der Waals surface area contributed by atoms with Gasteiger partial charge < -0.3 is 10.6 Å². The zero-order chi connectivity index (χ0) is 16.9. The molecule has 0 saturated heterocycles. The third-order valence-electron chi connectivity index (χ3n) is 3.36. The highest BCUT2D eigenvalue weighted by molar-refractivity contribution is 5.59. The first-order valence-corrected chi connectivity index (χ1v) is 7.46. The van der Waals surface area contributed by atoms with Crippen LogP contribution in [0.2, 0.25) is 0 Å². The molecule has 0 aliphatic heterocycles. The Labute approximate surface area is 138 Å². The van der Waals surface area contributed by atoms with Crippen LogP contribution in [-0.4, -0.2) is 9.97 Å². The monoisotopic (exact) mass is 326 g/mol. The number of para-hydroxylation sites is 1. The van der Waals surface area contributed by atoms with Crippen LogP contribution in [0.25, 0.3) is 0 Å². The van der Waals surface area contributed by atoms with Crippen molar-refractivity contribution in [2.45, 2.75) is 13.5 Å². The molecule has 0 radical (unpaired) electrons. The normalized spacial score (nSPS) is 10.5. The molecule has 0 amide bonds. The minimum Gasteiger partial charge on any atom is -0.350 e. The SMILES string of the molecule is Cc1cc(Nc2c(F)cccc2F)nc(NCc2ccccc2)n1. The fourth-order valence-electron chi connectivity index (χ4n) is 2.23. The predicted octanol–water partition coefficient (Wildman–Crippen LogP) is 4.42. The third kappa shape index (κ3) is 3.84. The van der Waals surface area contributed by atoms with E-state index in [4.69, 9.17) is 0 Å². The second kappa shape index (κ2) is 7.04. The largest absolute Gasteiger partial charge is 0.350 e. The lowest BCUT2D eigenvalue weighted by Crippen LogP contribution is -2.07. The molecule has 2 N–H and O–H groups in total. The zero-order valence-electron chi connectivity index (χ0n) is 13.1. The van der Waals surface area contributed by atoms with E-state index in [1.807, 2.05) is 30.3 Å². The Morgan fingerprint density at radius 2 is 1.62 bits per heavy atom. The van der Waals surface area contributed by atoms with Gasteiger partial charge >= 0.3 is 0 Å². The highest BCUT2D eigenvalue weighted by Gasteiger charge is 2.10. The van der Waals surface area contributed by atoms with Crippen LogP contribution in [0.5, 0.6) is 0 Å². The van der Waals surface area contributed by atoms with Crippen LogP contribution in [0.1, 0.15) is 11.3 Å². The summed E-state index contributed by atoms with van der Waals surface area (Å²) in [6, 6.07) is 15.1. The minimum atomic E-state index is -0.676. The van der Waals surface area contributed by atoms with Crippen molar-refractivity contribution in [3.8, 4) is 0 Å². The fraction of sp³-hybridized carbons (Fsp3) is 0.111. The van der Waals surface area contributed by atoms with Crippen LogP contribution in [0.4, 0.5) is 26.2 Å². The maximum Gasteiger partial charge on any atom is 0.225 e. The first-order valence-electron chi connectivity index (χ1n) is 7.46. The molecule has 0 fully saturated rings. The number of nitrogens with one attached hydrogen (secondary N) is 2. The van der Waals surface area contributed by atoms with Crippen molar-refractivity contribution in [3.05, 3.63) is 77.5 Å². The lowest BCUT2D eigenvalue weighted by atomic mass is 10.2. The van der Waals surface area contributed by atoms with Gasteiger partial charge in [-0.1, -0.05) is 36.4 Å². The molecule has 1 aromatic heterocycles. The maximum absolute atomic E-state index is 13.7. The number of hydrogen-bond acceptors (Lipinski definition) is 4. The van der Waals surface area contributed by atoms with Crippen LogP contribution in [0.15, 0.2) is 54.6 Å². The summed E-state index contributed by atoms with van der Waals surface area (Å²) in [5, 5.41) is 5.79. The van der Waals surface area contributed by atoms with Gasteiger partial charge in [-0.3, -0.25) is 0 Å². The van der Waals surface area contributed by atoms with E-state index >= 15 is 0 Å². The molecule has 24 heavy (non-hydrogen) atoms. The topological polar surface area (TPSA) is 49.8 Å². The number of benzene rings is 2. The quantitative estimate of drug-likeness (QED) is 0.729. The fourth-order valence-corrected chi connectivity index (χ4v) is 2.23. The maximum atomic E-state index is 13.7. The average Bonchev–Trinajstić information content (AvgIpc) is 2.57. The van der Waals surface area contributed by atoms with E-state index in [0.29, 0.717) is 24.0 Å². The molecule has 0 aliphatic carbocycles. The van der Waals surface area contributed by atoms with Crippen molar-refractivity contribution < 1.29 is 8.78 Å². The van der Waals surface area contributed by atoms with E-state index in [1.54, 1.807) is 13.0 Å². The molecule has 122 valence electrons. The third-order valence-corrected chi connectivity index (χ3v) is 3.36. The second-order valence-corrected chi connectivity index (χ2v) is 5.28. The van der Waals surface area contributed by atoms with E-state index in [2.05, 4.69) is 20.6 Å². The number of anilines is 3. The second-order valence-electron chi connectivity index (χ2n) is 5.28. The molecule has 3 aromatic rings. The Morgan fingerprint density at radius 1 is 0.917 bits per heavy atom. The van der Waals surface area contributed by atoms with Gasteiger partial charge in [-0.2, -0.15) is 4.98 Å². The molecule has 0 bridgehead atoms. The van der Waals surface area contributed by atoms with Gasteiger partial charge in [0.15, 0.2) is 0 Å². The first-order chi connectivity index (χ1) is 11.6. The molecule has 0 spiro atoms. The number of aromatic nitrogens is 2. The molecule has 3 rings (SSSR count). The minimum absolute atomic E-state index is 0.232. The van der Waals surface area contributed by atoms with Crippen LogP contribution >= 0.6 is 0 Å². The molecular formula is C18H16F2N4.